The highest BCUT2D eigenvalue weighted by Crippen LogP contribution is 2.17. The summed E-state index contributed by atoms with van der Waals surface area (Å²) in [7, 11) is 0. The monoisotopic (exact) mass is 625 g/mol. The van der Waals surface area contributed by atoms with E-state index in [2.05, 4.69) is 6.92 Å². The molecular formula is C37H72N2O5. The normalized spacial score (nSPS) is 13.5. The quantitative estimate of drug-likeness (QED) is 0.0516. The summed E-state index contributed by atoms with van der Waals surface area (Å²) in [5.74, 6) is -1.85. The number of hydrogen-bond donors (Lipinski definition) is 4. The molecule has 0 rings (SSSR count). The summed E-state index contributed by atoms with van der Waals surface area (Å²) in [6.45, 7) is 2.53. The first-order chi connectivity index (χ1) is 21.3. The summed E-state index contributed by atoms with van der Waals surface area (Å²) in [5.41, 5.74) is 11.2. The molecule has 0 aliphatic heterocycles. The molecule has 0 aromatic carbocycles. The molecule has 0 aliphatic rings. The number of carboxylic acid groups (broad SMARTS) is 1. The molecule has 0 saturated carbocycles. The van der Waals surface area contributed by atoms with Crippen LogP contribution >= 0.6 is 0 Å². The van der Waals surface area contributed by atoms with Crippen LogP contribution in [-0.4, -0.2) is 46.4 Å². The highest BCUT2D eigenvalue weighted by Gasteiger charge is 2.29. The third kappa shape index (κ3) is 26.0. The Morgan fingerprint density at radius 2 is 0.864 bits per heavy atom. The van der Waals surface area contributed by atoms with Gasteiger partial charge in [-0.1, -0.05) is 155 Å². The van der Waals surface area contributed by atoms with Crippen LogP contribution in [0.2, 0.25) is 0 Å². The van der Waals surface area contributed by atoms with Crippen molar-refractivity contribution >= 4 is 17.5 Å². The Morgan fingerprint density at radius 1 is 0.523 bits per heavy atom. The van der Waals surface area contributed by atoms with Gasteiger partial charge in [-0.2, -0.15) is 0 Å². The van der Waals surface area contributed by atoms with Crippen molar-refractivity contribution in [3.8, 4) is 0 Å². The minimum absolute atomic E-state index is 0.0397. The van der Waals surface area contributed by atoms with E-state index < -0.39 is 24.0 Å². The van der Waals surface area contributed by atoms with E-state index in [1.807, 2.05) is 0 Å². The molecule has 0 fully saturated rings. The number of carbonyl (C=O) groups is 3. The van der Waals surface area contributed by atoms with E-state index in [4.69, 9.17) is 16.6 Å². The van der Waals surface area contributed by atoms with Crippen molar-refractivity contribution in [2.75, 3.05) is 6.54 Å². The van der Waals surface area contributed by atoms with Crippen molar-refractivity contribution < 1.29 is 24.6 Å². The molecule has 0 aromatic heterocycles. The van der Waals surface area contributed by atoms with Gasteiger partial charge in [0.25, 0.3) is 0 Å². The van der Waals surface area contributed by atoms with E-state index in [-0.39, 0.29) is 18.1 Å². The average Bonchev–Trinajstić information content (AvgIpc) is 3.01. The number of ketones is 2. The van der Waals surface area contributed by atoms with Crippen molar-refractivity contribution in [2.24, 2.45) is 17.4 Å². The van der Waals surface area contributed by atoms with Crippen LogP contribution in [0.25, 0.3) is 0 Å². The molecule has 7 nitrogen and oxygen atoms in total. The molecule has 0 bridgehead atoms. The van der Waals surface area contributed by atoms with Gasteiger partial charge in [0.2, 0.25) is 0 Å². The molecule has 260 valence electrons. The standard InChI is InChI=1S/C37H72N2O5/c1-2-3-4-5-6-7-8-9-13-16-19-22-25-28-34(41)35(42)29-26-23-20-17-14-11-10-12-15-18-21-24-27-33(40)32(30-31-38)36(39)37(43)44/h32,35-36,42H,2-31,38-39H2,1H3,(H,43,44)/t32?,35?,36-/m0/s1. The molecule has 7 heteroatoms. The molecule has 0 amide bonds. The van der Waals surface area contributed by atoms with Crippen molar-refractivity contribution in [3.63, 3.8) is 0 Å². The smallest absolute Gasteiger partial charge is 0.321 e. The molecule has 0 saturated heterocycles. The fraction of sp³-hybridized carbons (Fsp3) is 0.919. The lowest BCUT2D eigenvalue weighted by molar-refractivity contribution is -0.142. The summed E-state index contributed by atoms with van der Waals surface area (Å²) in [5, 5.41) is 19.3. The molecule has 6 N–H and O–H groups in total. The van der Waals surface area contributed by atoms with Gasteiger partial charge in [0.15, 0.2) is 5.78 Å². The Morgan fingerprint density at radius 3 is 1.23 bits per heavy atom. The van der Waals surface area contributed by atoms with Crippen molar-refractivity contribution in [1.29, 1.82) is 0 Å². The summed E-state index contributed by atoms with van der Waals surface area (Å²) >= 11 is 0. The minimum atomic E-state index is -1.16. The maximum absolute atomic E-state index is 12.3. The number of carbonyl (C=O) groups excluding carboxylic acids is 2. The van der Waals surface area contributed by atoms with Crippen molar-refractivity contribution in [2.45, 2.75) is 205 Å². The summed E-state index contributed by atoms with van der Waals surface area (Å²) in [6, 6.07) is -1.16. The van der Waals surface area contributed by atoms with Gasteiger partial charge in [0, 0.05) is 18.8 Å². The fourth-order valence-corrected chi connectivity index (χ4v) is 6.13. The second kappa shape index (κ2) is 31.7. The maximum Gasteiger partial charge on any atom is 0.321 e. The molecule has 0 aliphatic carbocycles. The number of carboxylic acids is 1. The predicted octanol–water partition coefficient (Wildman–Crippen LogP) is 8.81. The Hall–Kier alpha value is -1.31. The molecule has 0 heterocycles. The summed E-state index contributed by atoms with van der Waals surface area (Å²) in [6.07, 6.45) is 31.3. The third-order valence-corrected chi connectivity index (χ3v) is 9.16. The number of rotatable bonds is 35. The van der Waals surface area contributed by atoms with E-state index in [0.717, 1.165) is 44.9 Å². The number of hydrogen-bond acceptors (Lipinski definition) is 6. The Labute approximate surface area is 271 Å². The van der Waals surface area contributed by atoms with Gasteiger partial charge in [-0.3, -0.25) is 14.4 Å². The average molecular weight is 625 g/mol. The zero-order valence-corrected chi connectivity index (χ0v) is 28.7. The summed E-state index contributed by atoms with van der Waals surface area (Å²) in [4.78, 5) is 35.7. The molecule has 0 radical (unpaired) electrons. The molecule has 2 unspecified atom stereocenters. The lowest BCUT2D eigenvalue weighted by atomic mass is 9.89. The second-order valence-electron chi connectivity index (χ2n) is 13.3. The SMILES string of the molecule is CCCCCCCCCCCCCCCC(=O)C(O)CCCCCCCCCCCCCCC(=O)C(CCN)[C@H](N)C(=O)O. The van der Waals surface area contributed by atoms with E-state index >= 15 is 0 Å². The number of Topliss-reactive ketones (excluding diaryl/α,β-unsaturated/α-hetero) is 2. The molecular weight excluding hydrogens is 552 g/mol. The lowest BCUT2D eigenvalue weighted by Gasteiger charge is -2.18. The van der Waals surface area contributed by atoms with Gasteiger partial charge in [0.05, 0.1) is 0 Å². The maximum atomic E-state index is 12.3. The minimum Gasteiger partial charge on any atom is -0.480 e. The predicted molar refractivity (Wildman–Crippen MR) is 184 cm³/mol. The topological polar surface area (TPSA) is 144 Å². The summed E-state index contributed by atoms with van der Waals surface area (Å²) < 4.78 is 0. The van der Waals surface area contributed by atoms with Gasteiger partial charge >= 0.3 is 5.97 Å². The van der Waals surface area contributed by atoms with Gasteiger partial charge in [-0.05, 0) is 32.2 Å². The van der Waals surface area contributed by atoms with E-state index in [9.17, 15) is 19.5 Å². The first kappa shape index (κ1) is 42.7. The van der Waals surface area contributed by atoms with Gasteiger partial charge < -0.3 is 21.7 Å². The van der Waals surface area contributed by atoms with Crippen molar-refractivity contribution in [1.82, 2.24) is 0 Å². The number of aliphatic hydroxyl groups excluding tert-OH is 1. The highest BCUT2D eigenvalue weighted by atomic mass is 16.4. The Balaban J connectivity index is 3.48. The van der Waals surface area contributed by atoms with Crippen LogP contribution < -0.4 is 11.5 Å². The van der Waals surface area contributed by atoms with E-state index in [0.29, 0.717) is 25.7 Å². The zero-order valence-electron chi connectivity index (χ0n) is 28.7. The Kier molecular flexibility index (Phi) is 30.7. The van der Waals surface area contributed by atoms with Gasteiger partial charge in [-0.15, -0.1) is 0 Å². The first-order valence-electron chi connectivity index (χ1n) is 18.8. The van der Waals surface area contributed by atoms with Crippen molar-refractivity contribution in [3.05, 3.63) is 0 Å². The van der Waals surface area contributed by atoms with Crippen LogP contribution in [0.1, 0.15) is 193 Å². The molecule has 44 heavy (non-hydrogen) atoms. The van der Waals surface area contributed by atoms with Gasteiger partial charge in [-0.25, -0.2) is 0 Å². The second-order valence-corrected chi connectivity index (χ2v) is 13.3. The third-order valence-electron chi connectivity index (χ3n) is 9.16. The molecule has 0 spiro atoms. The van der Waals surface area contributed by atoms with Crippen LogP contribution in [0.15, 0.2) is 0 Å². The Bertz CT molecular complexity index is 687. The van der Waals surface area contributed by atoms with E-state index in [1.54, 1.807) is 0 Å². The van der Waals surface area contributed by atoms with Crippen LogP contribution in [-0.2, 0) is 14.4 Å². The lowest BCUT2D eigenvalue weighted by Crippen LogP contribution is -2.42. The van der Waals surface area contributed by atoms with Crippen LogP contribution in [0.4, 0.5) is 0 Å². The number of aliphatic carboxylic acids is 1. The molecule has 0 aromatic rings. The largest absolute Gasteiger partial charge is 0.480 e. The number of unbranched alkanes of at least 4 members (excludes halogenated alkanes) is 23. The number of aliphatic hydroxyl groups is 1. The fourth-order valence-electron chi connectivity index (χ4n) is 6.13. The zero-order chi connectivity index (χ0) is 32.7. The van der Waals surface area contributed by atoms with Crippen LogP contribution in [0, 0.1) is 5.92 Å². The molecule has 3 atom stereocenters. The van der Waals surface area contributed by atoms with Gasteiger partial charge in [0.1, 0.15) is 17.9 Å². The highest BCUT2D eigenvalue weighted by molar-refractivity contribution is 5.88. The number of nitrogens with two attached hydrogens (primary N) is 2. The van der Waals surface area contributed by atoms with E-state index in [1.165, 1.54) is 116 Å². The van der Waals surface area contributed by atoms with Crippen LogP contribution in [0.3, 0.4) is 0 Å². The first-order valence-corrected chi connectivity index (χ1v) is 18.8. The van der Waals surface area contributed by atoms with Crippen LogP contribution in [0.5, 0.6) is 0 Å².